The lowest BCUT2D eigenvalue weighted by Gasteiger charge is -1.78. The van der Waals surface area contributed by atoms with Crippen LogP contribution >= 0.6 is 0 Å². The third-order valence-electron chi connectivity index (χ3n) is 0.964. The predicted molar refractivity (Wildman–Crippen MR) is 30.9 cm³/mol. The van der Waals surface area contributed by atoms with Gasteiger partial charge in [-0.05, 0) is 0 Å². The highest BCUT2D eigenvalue weighted by Crippen LogP contribution is 2.01. The van der Waals surface area contributed by atoms with Crippen molar-refractivity contribution in [3.63, 3.8) is 0 Å². The van der Waals surface area contributed by atoms with E-state index < -0.39 is 5.91 Å². The second kappa shape index (κ2) is 2.49. The second-order valence-corrected chi connectivity index (χ2v) is 1.70. The highest BCUT2D eigenvalue weighted by Gasteiger charge is 2.07. The van der Waals surface area contributed by atoms with Gasteiger partial charge in [0.25, 0.3) is 5.91 Å². The van der Waals surface area contributed by atoms with Gasteiger partial charge in [-0.3, -0.25) is 4.79 Å². The highest BCUT2D eigenvalue weighted by atomic mass is 16.5. The first-order chi connectivity index (χ1) is 4.74. The first-order valence-electron chi connectivity index (χ1n) is 2.60. The van der Waals surface area contributed by atoms with Crippen LogP contribution in [0.25, 0.3) is 0 Å². The number of hydrogen-bond donors (Lipinski definition) is 2. The van der Waals surface area contributed by atoms with Crippen molar-refractivity contribution in [1.29, 1.82) is 0 Å². The number of carbonyl (C=O) groups is 1. The zero-order chi connectivity index (χ0) is 7.56. The number of nitrogens with zero attached hydrogens (tertiary/aromatic N) is 1. The van der Waals surface area contributed by atoms with E-state index in [-0.39, 0.29) is 12.4 Å². The summed E-state index contributed by atoms with van der Waals surface area (Å²) in [5.74, 6) is -0.726. The fourth-order valence-corrected chi connectivity index (χ4v) is 0.502. The first kappa shape index (κ1) is 6.76. The maximum Gasteiger partial charge on any atom is 0.287 e. The van der Waals surface area contributed by atoms with Crippen molar-refractivity contribution in [2.75, 3.05) is 0 Å². The average molecular weight is 142 g/mol. The third kappa shape index (κ3) is 1.14. The molecule has 1 rings (SSSR count). The standard InChI is InChI=1S/C5H6N2O3/c6-5(9)4-1-3(2-8)7-10-4/h1,8H,2H2,(H2,6,9). The van der Waals surface area contributed by atoms with Crippen molar-refractivity contribution in [1.82, 2.24) is 5.16 Å². The van der Waals surface area contributed by atoms with Crippen molar-refractivity contribution in [3.05, 3.63) is 17.5 Å². The third-order valence-corrected chi connectivity index (χ3v) is 0.964. The summed E-state index contributed by atoms with van der Waals surface area (Å²) in [4.78, 5) is 10.3. The molecule has 0 saturated heterocycles. The zero-order valence-corrected chi connectivity index (χ0v) is 5.07. The maximum absolute atomic E-state index is 10.3. The Kier molecular flexibility index (Phi) is 1.68. The molecule has 1 aromatic heterocycles. The predicted octanol–water partition coefficient (Wildman–Crippen LogP) is -0.734. The smallest absolute Gasteiger partial charge is 0.287 e. The number of aliphatic hydroxyl groups excluding tert-OH is 1. The number of aliphatic hydroxyl groups is 1. The second-order valence-electron chi connectivity index (χ2n) is 1.70. The average Bonchev–Trinajstić information content (AvgIpc) is 2.34. The molecule has 0 unspecified atom stereocenters. The summed E-state index contributed by atoms with van der Waals surface area (Å²) in [6.07, 6.45) is 0. The molecule has 3 N–H and O–H groups in total. The lowest BCUT2D eigenvalue weighted by atomic mass is 10.4. The molecule has 0 bridgehead atoms. The monoisotopic (exact) mass is 142 g/mol. The summed E-state index contributed by atoms with van der Waals surface area (Å²) in [6, 6.07) is 1.29. The van der Waals surface area contributed by atoms with Crippen LogP contribution in [0, 0.1) is 0 Å². The molecule has 0 aliphatic rings. The van der Waals surface area contributed by atoms with Gasteiger partial charge in [0.1, 0.15) is 5.69 Å². The lowest BCUT2D eigenvalue weighted by molar-refractivity contribution is 0.0964. The number of aromatic nitrogens is 1. The van der Waals surface area contributed by atoms with E-state index in [1.54, 1.807) is 0 Å². The molecule has 1 heterocycles. The minimum absolute atomic E-state index is 0.0379. The van der Waals surface area contributed by atoms with Gasteiger partial charge in [0, 0.05) is 6.07 Å². The Labute approximate surface area is 56.4 Å². The Morgan fingerprint density at radius 1 is 1.90 bits per heavy atom. The fourth-order valence-electron chi connectivity index (χ4n) is 0.502. The van der Waals surface area contributed by atoms with Crippen molar-refractivity contribution < 1.29 is 14.4 Å². The molecule has 0 saturated carbocycles. The topological polar surface area (TPSA) is 89.4 Å². The molecular formula is C5H6N2O3. The van der Waals surface area contributed by atoms with Crippen LogP contribution in [0.4, 0.5) is 0 Å². The van der Waals surface area contributed by atoms with Crippen LogP contribution in [0.1, 0.15) is 16.2 Å². The number of primary amides is 1. The Morgan fingerprint density at radius 2 is 2.60 bits per heavy atom. The van der Waals surface area contributed by atoms with E-state index in [1.165, 1.54) is 6.07 Å². The van der Waals surface area contributed by atoms with Gasteiger partial charge in [-0.2, -0.15) is 0 Å². The molecule has 0 radical (unpaired) electrons. The molecule has 0 atom stereocenters. The van der Waals surface area contributed by atoms with Crippen molar-refractivity contribution in [3.8, 4) is 0 Å². The van der Waals surface area contributed by atoms with Crippen LogP contribution in [0.5, 0.6) is 0 Å². The van der Waals surface area contributed by atoms with Crippen molar-refractivity contribution in [2.45, 2.75) is 6.61 Å². The van der Waals surface area contributed by atoms with E-state index >= 15 is 0 Å². The molecule has 54 valence electrons. The molecule has 10 heavy (non-hydrogen) atoms. The molecule has 0 fully saturated rings. The van der Waals surface area contributed by atoms with Crippen LogP contribution < -0.4 is 5.73 Å². The minimum atomic E-state index is -0.688. The van der Waals surface area contributed by atoms with E-state index in [1.807, 2.05) is 0 Å². The van der Waals surface area contributed by atoms with Gasteiger partial charge >= 0.3 is 0 Å². The van der Waals surface area contributed by atoms with Gasteiger partial charge in [0.15, 0.2) is 0 Å². The van der Waals surface area contributed by atoms with E-state index in [0.717, 1.165) is 0 Å². The van der Waals surface area contributed by atoms with Gasteiger partial charge in [-0.25, -0.2) is 0 Å². The van der Waals surface area contributed by atoms with E-state index in [2.05, 4.69) is 9.68 Å². The Morgan fingerprint density at radius 3 is 2.90 bits per heavy atom. The molecule has 0 aromatic carbocycles. The fraction of sp³-hybridized carbons (Fsp3) is 0.200. The van der Waals surface area contributed by atoms with Gasteiger partial charge < -0.3 is 15.4 Å². The number of amides is 1. The number of carbonyl (C=O) groups excluding carboxylic acids is 1. The molecular weight excluding hydrogens is 136 g/mol. The van der Waals surface area contributed by atoms with Crippen molar-refractivity contribution >= 4 is 5.91 Å². The molecule has 1 amide bonds. The summed E-state index contributed by atoms with van der Waals surface area (Å²) in [7, 11) is 0. The highest BCUT2D eigenvalue weighted by molar-refractivity contribution is 5.89. The van der Waals surface area contributed by atoms with Crippen LogP contribution in [-0.4, -0.2) is 16.2 Å². The molecule has 5 heteroatoms. The molecule has 0 aliphatic heterocycles. The van der Waals surface area contributed by atoms with Crippen LogP contribution in [0.2, 0.25) is 0 Å². The normalized spacial score (nSPS) is 9.70. The molecule has 1 aromatic rings. The van der Waals surface area contributed by atoms with E-state index in [0.29, 0.717) is 5.69 Å². The minimum Gasteiger partial charge on any atom is -0.390 e. The Hall–Kier alpha value is -1.36. The van der Waals surface area contributed by atoms with E-state index in [4.69, 9.17) is 10.8 Å². The maximum atomic E-state index is 10.3. The van der Waals surface area contributed by atoms with Gasteiger partial charge in [0.2, 0.25) is 5.76 Å². The SMILES string of the molecule is NC(=O)c1cc(CO)no1. The van der Waals surface area contributed by atoms with Crippen LogP contribution in [-0.2, 0) is 6.61 Å². The molecule has 0 aliphatic carbocycles. The largest absolute Gasteiger partial charge is 0.390 e. The van der Waals surface area contributed by atoms with Gasteiger partial charge in [-0.15, -0.1) is 0 Å². The summed E-state index contributed by atoms with van der Waals surface area (Å²) < 4.78 is 4.43. The van der Waals surface area contributed by atoms with Crippen LogP contribution in [0.15, 0.2) is 10.6 Å². The van der Waals surface area contributed by atoms with E-state index in [9.17, 15) is 4.79 Å². The number of nitrogens with two attached hydrogens (primary N) is 1. The Bertz CT molecular complexity index is 243. The lowest BCUT2D eigenvalue weighted by Crippen LogP contribution is -2.09. The quantitative estimate of drug-likeness (QED) is 0.569. The summed E-state index contributed by atoms with van der Waals surface area (Å²) in [6.45, 7) is -0.253. The zero-order valence-electron chi connectivity index (χ0n) is 5.07. The molecule has 0 spiro atoms. The van der Waals surface area contributed by atoms with Gasteiger partial charge in [0.05, 0.1) is 6.61 Å². The van der Waals surface area contributed by atoms with Gasteiger partial charge in [-0.1, -0.05) is 5.16 Å². The number of hydrogen-bond acceptors (Lipinski definition) is 4. The molecule has 5 nitrogen and oxygen atoms in total. The summed E-state index contributed by atoms with van der Waals surface area (Å²) in [5.41, 5.74) is 5.13. The summed E-state index contributed by atoms with van der Waals surface area (Å²) >= 11 is 0. The van der Waals surface area contributed by atoms with Crippen molar-refractivity contribution in [2.24, 2.45) is 5.73 Å². The first-order valence-corrected chi connectivity index (χ1v) is 2.60. The number of rotatable bonds is 2. The summed E-state index contributed by atoms with van der Waals surface area (Å²) in [5, 5.41) is 11.8. The van der Waals surface area contributed by atoms with Crippen LogP contribution in [0.3, 0.4) is 0 Å². The Balaban J connectivity index is 2.88.